The van der Waals surface area contributed by atoms with Gasteiger partial charge in [-0.05, 0) is 32.1 Å². The summed E-state index contributed by atoms with van der Waals surface area (Å²) in [5.74, 6) is -0.190. The van der Waals surface area contributed by atoms with Crippen molar-refractivity contribution in [2.45, 2.75) is 61.1 Å². The number of aliphatic carboxylic acids is 1. The van der Waals surface area contributed by atoms with Gasteiger partial charge in [0.2, 0.25) is 5.89 Å². The topological polar surface area (TPSA) is 88.2 Å². The summed E-state index contributed by atoms with van der Waals surface area (Å²) in [4.78, 5) is 11.6. The van der Waals surface area contributed by atoms with E-state index in [1.165, 1.54) is 11.8 Å². The zero-order valence-corrected chi connectivity index (χ0v) is 11.6. The fraction of sp³-hybridized carbons (Fsp3) is 0.750. The number of aryl methyl sites for hydroxylation is 1. The summed E-state index contributed by atoms with van der Waals surface area (Å²) in [7, 11) is 0. The Hall–Kier alpha value is -1.08. The molecule has 0 amide bonds. The number of nitrogens with one attached hydrogen (secondary N) is 1. The van der Waals surface area contributed by atoms with Crippen LogP contribution in [-0.4, -0.2) is 38.1 Å². The van der Waals surface area contributed by atoms with E-state index in [1.807, 2.05) is 0 Å². The van der Waals surface area contributed by atoms with E-state index in [-0.39, 0.29) is 5.25 Å². The third kappa shape index (κ3) is 2.76. The summed E-state index contributed by atoms with van der Waals surface area (Å²) in [6.45, 7) is 1.75. The van der Waals surface area contributed by atoms with Crippen molar-refractivity contribution >= 4 is 17.7 Å². The Labute approximate surface area is 115 Å². The van der Waals surface area contributed by atoms with Crippen molar-refractivity contribution in [1.82, 2.24) is 15.5 Å². The van der Waals surface area contributed by atoms with E-state index >= 15 is 0 Å². The van der Waals surface area contributed by atoms with Crippen LogP contribution in [0.2, 0.25) is 0 Å². The van der Waals surface area contributed by atoms with Crippen molar-refractivity contribution < 1.29 is 14.3 Å². The molecule has 2 N–H and O–H groups in total. The summed E-state index contributed by atoms with van der Waals surface area (Å²) < 4.78 is 5.34. The van der Waals surface area contributed by atoms with Gasteiger partial charge in [-0.2, -0.15) is 0 Å². The predicted molar refractivity (Wildman–Crippen MR) is 69.1 cm³/mol. The number of aromatic nitrogens is 2. The molecule has 1 aromatic heterocycles. The van der Waals surface area contributed by atoms with Crippen molar-refractivity contribution in [3.63, 3.8) is 0 Å². The number of hydrogen-bond acceptors (Lipinski definition) is 6. The van der Waals surface area contributed by atoms with E-state index in [1.54, 1.807) is 6.92 Å². The van der Waals surface area contributed by atoms with Crippen molar-refractivity contribution in [2.24, 2.45) is 0 Å². The lowest BCUT2D eigenvalue weighted by Gasteiger charge is -2.25. The first-order chi connectivity index (χ1) is 9.07. The minimum absolute atomic E-state index is 0.224. The third-order valence-electron chi connectivity index (χ3n) is 3.71. The third-order valence-corrected chi connectivity index (χ3v) is 4.81. The number of hydrogen-bond donors (Lipinski definition) is 2. The van der Waals surface area contributed by atoms with Crippen LogP contribution in [-0.2, 0) is 4.79 Å². The van der Waals surface area contributed by atoms with Gasteiger partial charge >= 0.3 is 5.97 Å². The number of carboxylic acids is 1. The van der Waals surface area contributed by atoms with Gasteiger partial charge in [-0.15, -0.1) is 10.2 Å². The van der Waals surface area contributed by atoms with Crippen molar-refractivity contribution in [3.8, 4) is 0 Å². The molecule has 2 unspecified atom stereocenters. The molecule has 2 aliphatic carbocycles. The molecule has 0 spiro atoms. The van der Waals surface area contributed by atoms with Gasteiger partial charge < -0.3 is 9.52 Å². The summed E-state index contributed by atoms with van der Waals surface area (Å²) in [6, 6.07) is 0.394. The average molecular weight is 283 g/mol. The van der Waals surface area contributed by atoms with Crippen molar-refractivity contribution in [2.75, 3.05) is 0 Å². The van der Waals surface area contributed by atoms with Crippen LogP contribution in [0.3, 0.4) is 0 Å². The monoisotopic (exact) mass is 283 g/mol. The van der Waals surface area contributed by atoms with E-state index in [2.05, 4.69) is 15.5 Å². The summed E-state index contributed by atoms with van der Waals surface area (Å²) in [5, 5.41) is 21.3. The lowest BCUT2D eigenvalue weighted by molar-refractivity contribution is -0.144. The van der Waals surface area contributed by atoms with Crippen LogP contribution in [0, 0.1) is 6.92 Å². The Kier molecular flexibility index (Phi) is 3.26. The second kappa shape index (κ2) is 4.79. The predicted octanol–water partition coefficient (Wildman–Crippen LogP) is 1.60. The first-order valence-electron chi connectivity index (χ1n) is 6.55. The molecule has 2 saturated carbocycles. The number of thioether (sulfide) groups is 1. The molecule has 2 atom stereocenters. The van der Waals surface area contributed by atoms with Crippen LogP contribution in [0.1, 0.15) is 38.0 Å². The molecule has 1 aromatic rings. The zero-order valence-electron chi connectivity index (χ0n) is 10.8. The fourth-order valence-electron chi connectivity index (χ4n) is 2.57. The molecular formula is C12H17N3O3S. The number of nitrogens with zero attached hydrogens (tertiary/aromatic N) is 2. The molecule has 2 aliphatic rings. The average Bonchev–Trinajstić information content (AvgIpc) is 2.92. The molecular weight excluding hydrogens is 266 g/mol. The van der Waals surface area contributed by atoms with E-state index in [0.717, 1.165) is 19.3 Å². The molecule has 19 heavy (non-hydrogen) atoms. The Morgan fingerprint density at radius 3 is 2.84 bits per heavy atom. The Morgan fingerprint density at radius 2 is 2.26 bits per heavy atom. The SMILES string of the molecule is Cc1nnc(SC2CCC(NC3CC3)(C(=O)O)C2)o1. The quantitative estimate of drug-likeness (QED) is 0.848. The Bertz CT molecular complexity index is 488. The molecule has 0 radical (unpaired) electrons. The standard InChI is InChI=1S/C12H17N3O3S/c1-7-14-15-11(18-7)19-9-4-5-12(6-9,10(16)17)13-8-2-3-8/h8-9,13H,2-6H2,1H3,(H,16,17). The van der Waals surface area contributed by atoms with Gasteiger partial charge in [0.1, 0.15) is 5.54 Å². The normalized spacial score (nSPS) is 30.7. The van der Waals surface area contributed by atoms with E-state index in [9.17, 15) is 9.90 Å². The maximum Gasteiger partial charge on any atom is 0.323 e. The van der Waals surface area contributed by atoms with Crippen molar-refractivity contribution in [3.05, 3.63) is 5.89 Å². The first kappa shape index (κ1) is 12.9. The highest BCUT2D eigenvalue weighted by molar-refractivity contribution is 7.99. The van der Waals surface area contributed by atoms with Gasteiger partial charge in [0.05, 0.1) is 0 Å². The highest BCUT2D eigenvalue weighted by Gasteiger charge is 2.48. The summed E-state index contributed by atoms with van der Waals surface area (Å²) >= 11 is 1.50. The number of carbonyl (C=O) groups is 1. The molecule has 7 heteroatoms. The van der Waals surface area contributed by atoms with Crippen LogP contribution in [0.25, 0.3) is 0 Å². The highest BCUT2D eigenvalue weighted by Crippen LogP contribution is 2.41. The molecule has 2 fully saturated rings. The van der Waals surface area contributed by atoms with Gasteiger partial charge in [-0.1, -0.05) is 11.8 Å². The molecule has 3 rings (SSSR count). The van der Waals surface area contributed by atoms with Gasteiger partial charge in [-0.25, -0.2) is 0 Å². The van der Waals surface area contributed by atoms with E-state index in [4.69, 9.17) is 4.42 Å². The van der Waals surface area contributed by atoms with Crippen LogP contribution >= 0.6 is 11.8 Å². The fourth-order valence-corrected chi connectivity index (χ4v) is 3.72. The maximum absolute atomic E-state index is 11.6. The second-order valence-corrected chi connectivity index (χ2v) is 6.63. The molecule has 0 saturated heterocycles. The molecule has 104 valence electrons. The van der Waals surface area contributed by atoms with Gasteiger partial charge in [0.15, 0.2) is 0 Å². The van der Waals surface area contributed by atoms with E-state index in [0.29, 0.717) is 30.0 Å². The number of carboxylic acid groups (broad SMARTS) is 1. The van der Waals surface area contributed by atoms with Gasteiger partial charge in [0.25, 0.3) is 5.22 Å². The Morgan fingerprint density at radius 1 is 1.47 bits per heavy atom. The highest BCUT2D eigenvalue weighted by atomic mass is 32.2. The van der Waals surface area contributed by atoms with Crippen LogP contribution in [0.5, 0.6) is 0 Å². The smallest absolute Gasteiger partial charge is 0.323 e. The van der Waals surface area contributed by atoms with Crippen LogP contribution < -0.4 is 5.32 Å². The van der Waals surface area contributed by atoms with Crippen molar-refractivity contribution in [1.29, 1.82) is 0 Å². The largest absolute Gasteiger partial charge is 0.480 e. The van der Waals surface area contributed by atoms with Gasteiger partial charge in [0, 0.05) is 18.2 Å². The van der Waals surface area contributed by atoms with Gasteiger partial charge in [-0.3, -0.25) is 10.1 Å². The lowest BCUT2D eigenvalue weighted by atomic mass is 9.98. The summed E-state index contributed by atoms with van der Waals surface area (Å²) in [6.07, 6.45) is 4.33. The molecule has 0 aliphatic heterocycles. The molecule has 1 heterocycles. The Balaban J connectivity index is 1.65. The molecule has 0 bridgehead atoms. The van der Waals surface area contributed by atoms with E-state index < -0.39 is 11.5 Å². The van der Waals surface area contributed by atoms with Crippen LogP contribution in [0.15, 0.2) is 9.64 Å². The zero-order chi connectivity index (χ0) is 13.5. The summed E-state index contributed by atoms with van der Waals surface area (Å²) in [5.41, 5.74) is -0.756. The lowest BCUT2D eigenvalue weighted by Crippen LogP contribution is -2.51. The molecule has 6 nitrogen and oxygen atoms in total. The number of rotatable bonds is 5. The molecule has 0 aromatic carbocycles. The maximum atomic E-state index is 11.6. The minimum Gasteiger partial charge on any atom is -0.480 e. The second-order valence-electron chi connectivity index (χ2n) is 5.38. The van der Waals surface area contributed by atoms with Crippen LogP contribution in [0.4, 0.5) is 0 Å². The minimum atomic E-state index is -0.756. The first-order valence-corrected chi connectivity index (χ1v) is 7.43.